The van der Waals surface area contributed by atoms with Crippen LogP contribution in [0.3, 0.4) is 0 Å². The predicted molar refractivity (Wildman–Crippen MR) is 110 cm³/mol. The van der Waals surface area contributed by atoms with Crippen LogP contribution in [0.1, 0.15) is 39.0 Å². The summed E-state index contributed by atoms with van der Waals surface area (Å²) in [6.45, 7) is 4.69. The van der Waals surface area contributed by atoms with Crippen molar-refractivity contribution in [1.82, 2.24) is 14.5 Å². The zero-order valence-corrected chi connectivity index (χ0v) is 18.0. The van der Waals surface area contributed by atoms with Gasteiger partial charge in [-0.25, -0.2) is 8.42 Å². The molecule has 28 heavy (non-hydrogen) atoms. The van der Waals surface area contributed by atoms with Crippen molar-refractivity contribution < 1.29 is 17.9 Å². The Morgan fingerprint density at radius 2 is 2.00 bits per heavy atom. The van der Waals surface area contributed by atoms with Crippen molar-refractivity contribution in [2.75, 3.05) is 40.3 Å². The minimum Gasteiger partial charge on any atom is -0.497 e. The largest absolute Gasteiger partial charge is 0.497 e. The van der Waals surface area contributed by atoms with Gasteiger partial charge in [0.1, 0.15) is 5.75 Å². The Labute approximate surface area is 169 Å². The maximum atomic E-state index is 12.6. The van der Waals surface area contributed by atoms with Gasteiger partial charge in [0.05, 0.1) is 18.6 Å². The van der Waals surface area contributed by atoms with Crippen LogP contribution < -0.4 is 10.1 Å². The number of rotatable bonds is 10. The number of likely N-dealkylation sites (tertiary alicyclic amines) is 1. The number of sulfonamides is 1. The van der Waals surface area contributed by atoms with Crippen molar-refractivity contribution in [3.8, 4) is 5.75 Å². The highest BCUT2D eigenvalue weighted by Crippen LogP contribution is 2.20. The van der Waals surface area contributed by atoms with Crippen LogP contribution in [-0.2, 0) is 14.8 Å². The van der Waals surface area contributed by atoms with Crippen molar-refractivity contribution in [3.63, 3.8) is 0 Å². The first-order valence-corrected chi connectivity index (χ1v) is 11.4. The van der Waals surface area contributed by atoms with Crippen molar-refractivity contribution >= 4 is 15.9 Å². The Morgan fingerprint density at radius 1 is 1.29 bits per heavy atom. The number of carbonyl (C=O) groups is 1. The highest BCUT2D eigenvalue weighted by atomic mass is 32.2. The number of likely N-dealkylation sites (N-methyl/N-ethyl adjacent to an activating group) is 1. The molecule has 0 unspecified atom stereocenters. The molecule has 0 spiro atoms. The third-order valence-electron chi connectivity index (χ3n) is 5.30. The summed E-state index contributed by atoms with van der Waals surface area (Å²) in [5.74, 6) is 0.295. The second-order valence-electron chi connectivity index (χ2n) is 7.23. The summed E-state index contributed by atoms with van der Waals surface area (Å²) in [6, 6.07) is 6.79. The van der Waals surface area contributed by atoms with Gasteiger partial charge < -0.3 is 15.0 Å². The Kier molecular flexibility index (Phi) is 8.72. The second kappa shape index (κ2) is 10.8. The van der Waals surface area contributed by atoms with E-state index < -0.39 is 10.0 Å². The fourth-order valence-corrected chi connectivity index (χ4v) is 4.72. The first-order chi connectivity index (χ1) is 13.4. The molecule has 1 heterocycles. The van der Waals surface area contributed by atoms with Crippen molar-refractivity contribution in [2.24, 2.45) is 0 Å². The van der Waals surface area contributed by atoms with E-state index in [-0.39, 0.29) is 17.3 Å². The fourth-order valence-electron chi connectivity index (χ4n) is 3.60. The van der Waals surface area contributed by atoms with Gasteiger partial charge in [0, 0.05) is 26.2 Å². The summed E-state index contributed by atoms with van der Waals surface area (Å²) >= 11 is 0. The van der Waals surface area contributed by atoms with Crippen LogP contribution in [0.5, 0.6) is 5.75 Å². The van der Waals surface area contributed by atoms with Gasteiger partial charge in [-0.15, -0.1) is 0 Å². The molecule has 0 bridgehead atoms. The minimum absolute atomic E-state index is 0.138. The van der Waals surface area contributed by atoms with Gasteiger partial charge in [0.2, 0.25) is 15.9 Å². The monoisotopic (exact) mass is 411 g/mol. The number of hydrogen-bond acceptors (Lipinski definition) is 5. The Morgan fingerprint density at radius 3 is 2.64 bits per heavy atom. The molecule has 1 aromatic carbocycles. The third-order valence-corrected chi connectivity index (χ3v) is 7.12. The van der Waals surface area contributed by atoms with Crippen LogP contribution in [-0.4, -0.2) is 69.9 Å². The second-order valence-corrected chi connectivity index (χ2v) is 9.28. The fraction of sp³-hybridized carbons (Fsp3) is 0.650. The predicted octanol–water partition coefficient (Wildman–Crippen LogP) is 2.09. The molecule has 0 aromatic heterocycles. The first-order valence-electron chi connectivity index (χ1n) is 9.99. The summed E-state index contributed by atoms with van der Waals surface area (Å²) in [5, 5.41) is 2.84. The number of methoxy groups -OCH3 is 1. The topological polar surface area (TPSA) is 79.0 Å². The molecule has 1 fully saturated rings. The van der Waals surface area contributed by atoms with Gasteiger partial charge in [-0.2, -0.15) is 4.31 Å². The summed E-state index contributed by atoms with van der Waals surface area (Å²) in [4.78, 5) is 14.8. The van der Waals surface area contributed by atoms with E-state index >= 15 is 0 Å². The molecule has 2 rings (SSSR count). The van der Waals surface area contributed by atoms with Crippen LogP contribution in [0.2, 0.25) is 0 Å². The van der Waals surface area contributed by atoms with E-state index in [1.165, 1.54) is 52.0 Å². The lowest BCUT2D eigenvalue weighted by atomic mass is 10.00. The molecule has 1 aliphatic rings. The number of hydrogen-bond donors (Lipinski definition) is 1. The molecule has 0 aliphatic carbocycles. The van der Waals surface area contributed by atoms with Crippen molar-refractivity contribution in [2.45, 2.75) is 50.0 Å². The summed E-state index contributed by atoms with van der Waals surface area (Å²) in [7, 11) is -0.772. The SMILES string of the molecule is CC[C@H]1CCCCN1CCCNC(=O)CN(C)S(=O)(=O)c1ccc(OC)cc1. The first kappa shape index (κ1) is 22.6. The average molecular weight is 412 g/mol. The quantitative estimate of drug-likeness (QED) is 0.597. The molecule has 0 saturated carbocycles. The summed E-state index contributed by atoms with van der Waals surface area (Å²) in [6.07, 6.45) is 5.85. The maximum Gasteiger partial charge on any atom is 0.243 e. The maximum absolute atomic E-state index is 12.6. The van der Waals surface area contributed by atoms with Crippen LogP contribution in [0.4, 0.5) is 0 Å². The number of ether oxygens (including phenoxy) is 1. The molecule has 0 radical (unpaired) electrons. The van der Waals surface area contributed by atoms with Crippen LogP contribution in [0, 0.1) is 0 Å². The minimum atomic E-state index is -3.71. The number of carbonyl (C=O) groups excluding carboxylic acids is 1. The van der Waals surface area contributed by atoms with Crippen LogP contribution >= 0.6 is 0 Å². The van der Waals surface area contributed by atoms with E-state index in [9.17, 15) is 13.2 Å². The smallest absolute Gasteiger partial charge is 0.243 e. The van der Waals surface area contributed by atoms with Gasteiger partial charge in [-0.1, -0.05) is 13.3 Å². The molecule has 1 aliphatic heterocycles. The lowest BCUT2D eigenvalue weighted by Crippen LogP contribution is -2.42. The molecule has 158 valence electrons. The number of benzene rings is 1. The van der Waals surface area contributed by atoms with E-state index in [1.54, 1.807) is 12.1 Å². The molecular weight excluding hydrogens is 378 g/mol. The highest BCUT2D eigenvalue weighted by molar-refractivity contribution is 7.89. The number of piperidine rings is 1. The lowest BCUT2D eigenvalue weighted by molar-refractivity contribution is -0.121. The Hall–Kier alpha value is -1.64. The normalized spacial score (nSPS) is 18.2. The molecule has 1 aromatic rings. The number of nitrogens with one attached hydrogen (secondary N) is 1. The van der Waals surface area contributed by atoms with Gasteiger partial charge in [0.15, 0.2) is 0 Å². The van der Waals surface area contributed by atoms with Gasteiger partial charge >= 0.3 is 0 Å². The van der Waals surface area contributed by atoms with Crippen molar-refractivity contribution in [3.05, 3.63) is 24.3 Å². The molecule has 7 nitrogen and oxygen atoms in total. The molecule has 8 heteroatoms. The zero-order valence-electron chi connectivity index (χ0n) is 17.2. The summed E-state index contributed by atoms with van der Waals surface area (Å²) in [5.41, 5.74) is 0. The van der Waals surface area contributed by atoms with E-state index in [1.807, 2.05) is 0 Å². The van der Waals surface area contributed by atoms with Crippen LogP contribution in [0.25, 0.3) is 0 Å². The summed E-state index contributed by atoms with van der Waals surface area (Å²) < 4.78 is 31.3. The standard InChI is InChI=1S/C20H33N3O4S/c1-4-17-8-5-6-14-23(17)15-7-13-21-20(24)16-22(2)28(25,26)19-11-9-18(27-3)10-12-19/h9-12,17H,4-8,13-16H2,1-3H3,(H,21,24)/t17-/m0/s1. The lowest BCUT2D eigenvalue weighted by Gasteiger charge is -2.35. The number of nitrogens with zero attached hydrogens (tertiary/aromatic N) is 2. The van der Waals surface area contributed by atoms with Crippen LogP contribution in [0.15, 0.2) is 29.2 Å². The van der Waals surface area contributed by atoms with Gasteiger partial charge in [0.25, 0.3) is 0 Å². The third kappa shape index (κ3) is 6.18. The zero-order chi connectivity index (χ0) is 20.6. The highest BCUT2D eigenvalue weighted by Gasteiger charge is 2.23. The average Bonchev–Trinajstić information content (AvgIpc) is 2.71. The van der Waals surface area contributed by atoms with Crippen molar-refractivity contribution in [1.29, 1.82) is 0 Å². The van der Waals surface area contributed by atoms with E-state index in [0.717, 1.165) is 23.8 Å². The molecule has 1 saturated heterocycles. The van der Waals surface area contributed by atoms with Gasteiger partial charge in [-0.3, -0.25) is 4.79 Å². The molecular formula is C20H33N3O4S. The Balaban J connectivity index is 1.76. The van der Waals surface area contributed by atoms with E-state index in [2.05, 4.69) is 17.1 Å². The molecule has 1 N–H and O–H groups in total. The molecule has 1 atom stereocenters. The molecule has 1 amide bonds. The number of amides is 1. The van der Waals surface area contributed by atoms with E-state index in [0.29, 0.717) is 18.3 Å². The van der Waals surface area contributed by atoms with E-state index in [4.69, 9.17) is 4.74 Å². The van der Waals surface area contributed by atoms with Gasteiger partial charge in [-0.05, 0) is 56.5 Å². The Bertz CT molecular complexity index is 721.